The van der Waals surface area contributed by atoms with Crippen molar-refractivity contribution in [3.8, 4) is 21.8 Å². The molecule has 4 aromatic rings. The lowest BCUT2D eigenvalue weighted by molar-refractivity contribution is -0.119. The molecular formula is C22H17ClN4O2S2. The summed E-state index contributed by atoms with van der Waals surface area (Å²) in [7, 11) is 0. The van der Waals surface area contributed by atoms with E-state index in [-0.39, 0.29) is 11.8 Å². The van der Waals surface area contributed by atoms with Gasteiger partial charge in [-0.15, -0.1) is 22.7 Å². The molecule has 0 radical (unpaired) electrons. The van der Waals surface area contributed by atoms with Crippen LogP contribution in [0.5, 0.6) is 0 Å². The van der Waals surface area contributed by atoms with Crippen LogP contribution in [0.15, 0.2) is 59.3 Å². The topological polar surface area (TPSA) is 84.0 Å². The van der Waals surface area contributed by atoms with Gasteiger partial charge in [-0.25, -0.2) is 9.97 Å². The predicted molar refractivity (Wildman–Crippen MR) is 126 cm³/mol. The fraction of sp³-hybridized carbons (Fsp3) is 0.0909. The third kappa shape index (κ3) is 5.35. The van der Waals surface area contributed by atoms with E-state index in [0.717, 1.165) is 27.4 Å². The minimum Gasteiger partial charge on any atom is -0.352 e. The van der Waals surface area contributed by atoms with Crippen molar-refractivity contribution in [2.45, 2.75) is 13.5 Å². The number of carbonyl (C=O) groups is 2. The second kappa shape index (κ2) is 9.38. The van der Waals surface area contributed by atoms with Crippen molar-refractivity contribution >= 4 is 51.2 Å². The second-order valence-electron chi connectivity index (χ2n) is 6.64. The molecule has 0 spiro atoms. The van der Waals surface area contributed by atoms with Crippen LogP contribution in [-0.2, 0) is 11.3 Å². The number of amides is 2. The zero-order valence-electron chi connectivity index (χ0n) is 16.4. The Kier molecular flexibility index (Phi) is 6.41. The fourth-order valence-corrected chi connectivity index (χ4v) is 4.39. The number of benzene rings is 2. The first-order chi connectivity index (χ1) is 15.0. The maximum atomic E-state index is 12.6. The summed E-state index contributed by atoms with van der Waals surface area (Å²) >= 11 is 8.67. The van der Waals surface area contributed by atoms with Gasteiger partial charge in [-0.05, 0) is 17.7 Å². The van der Waals surface area contributed by atoms with Gasteiger partial charge in [0, 0.05) is 40.4 Å². The molecule has 31 heavy (non-hydrogen) atoms. The minimum absolute atomic E-state index is 0.0654. The fourth-order valence-electron chi connectivity index (χ4n) is 2.75. The van der Waals surface area contributed by atoms with Crippen LogP contribution in [0.3, 0.4) is 0 Å². The number of hydrogen-bond acceptors (Lipinski definition) is 6. The Labute approximate surface area is 192 Å². The summed E-state index contributed by atoms with van der Waals surface area (Å²) in [5.74, 6) is -0.368. The van der Waals surface area contributed by atoms with Crippen molar-refractivity contribution < 1.29 is 9.59 Å². The van der Waals surface area contributed by atoms with Crippen LogP contribution in [0, 0.1) is 0 Å². The van der Waals surface area contributed by atoms with E-state index in [4.69, 9.17) is 11.6 Å². The molecule has 2 aromatic heterocycles. The highest BCUT2D eigenvalue weighted by atomic mass is 35.5. The van der Waals surface area contributed by atoms with E-state index in [1.807, 2.05) is 41.8 Å². The number of aromatic nitrogens is 2. The van der Waals surface area contributed by atoms with Crippen LogP contribution >= 0.6 is 34.3 Å². The normalized spacial score (nSPS) is 10.6. The Bertz CT molecular complexity index is 1220. The largest absolute Gasteiger partial charge is 0.352 e. The van der Waals surface area contributed by atoms with Gasteiger partial charge in [0.05, 0.1) is 5.69 Å². The quantitative estimate of drug-likeness (QED) is 0.392. The summed E-state index contributed by atoms with van der Waals surface area (Å²) in [5.41, 5.74) is 3.96. The van der Waals surface area contributed by atoms with Crippen LogP contribution < -0.4 is 10.6 Å². The van der Waals surface area contributed by atoms with Crippen LogP contribution in [0.2, 0.25) is 5.02 Å². The van der Waals surface area contributed by atoms with E-state index in [1.54, 1.807) is 17.5 Å². The third-order valence-corrected chi connectivity index (χ3v) is 6.24. The summed E-state index contributed by atoms with van der Waals surface area (Å²) in [4.78, 5) is 32.5. The molecule has 2 aromatic carbocycles. The SMILES string of the molecule is CC(=O)NCc1ccc(-c2csc(NC(=O)c3csc(-c4ccc(Cl)cc4)n3)n2)cc1. The number of anilines is 1. The monoisotopic (exact) mass is 468 g/mol. The van der Waals surface area contributed by atoms with E-state index in [2.05, 4.69) is 20.6 Å². The maximum absolute atomic E-state index is 12.6. The van der Waals surface area contributed by atoms with E-state index in [0.29, 0.717) is 22.4 Å². The van der Waals surface area contributed by atoms with Crippen molar-refractivity contribution in [3.05, 3.63) is 75.6 Å². The van der Waals surface area contributed by atoms with Crippen molar-refractivity contribution in [1.29, 1.82) is 0 Å². The molecule has 0 bridgehead atoms. The van der Waals surface area contributed by atoms with Crippen molar-refractivity contribution in [1.82, 2.24) is 15.3 Å². The lowest BCUT2D eigenvalue weighted by atomic mass is 10.1. The van der Waals surface area contributed by atoms with E-state index in [1.165, 1.54) is 29.6 Å². The summed E-state index contributed by atoms with van der Waals surface area (Å²) < 4.78 is 0. The molecule has 0 saturated carbocycles. The highest BCUT2D eigenvalue weighted by Gasteiger charge is 2.14. The van der Waals surface area contributed by atoms with E-state index < -0.39 is 0 Å². The van der Waals surface area contributed by atoms with Crippen LogP contribution in [0.25, 0.3) is 21.8 Å². The zero-order valence-corrected chi connectivity index (χ0v) is 18.8. The molecule has 4 rings (SSSR count). The summed E-state index contributed by atoms with van der Waals surface area (Å²) in [6.45, 7) is 1.98. The number of nitrogens with zero attached hydrogens (tertiary/aromatic N) is 2. The summed E-state index contributed by atoms with van der Waals surface area (Å²) in [6, 6.07) is 15.1. The zero-order chi connectivity index (χ0) is 21.8. The predicted octanol–water partition coefficient (Wildman–Crippen LogP) is 5.48. The van der Waals surface area contributed by atoms with Crippen molar-refractivity contribution in [3.63, 3.8) is 0 Å². The van der Waals surface area contributed by atoms with Gasteiger partial charge >= 0.3 is 0 Å². The first-order valence-electron chi connectivity index (χ1n) is 9.30. The van der Waals surface area contributed by atoms with Gasteiger partial charge in [0.25, 0.3) is 5.91 Å². The van der Waals surface area contributed by atoms with Gasteiger partial charge in [-0.2, -0.15) is 0 Å². The molecule has 156 valence electrons. The van der Waals surface area contributed by atoms with Crippen LogP contribution in [0.1, 0.15) is 23.0 Å². The lowest BCUT2D eigenvalue weighted by Gasteiger charge is -2.03. The van der Waals surface area contributed by atoms with Gasteiger partial charge in [0.1, 0.15) is 10.7 Å². The van der Waals surface area contributed by atoms with E-state index >= 15 is 0 Å². The molecule has 0 fully saturated rings. The molecular weight excluding hydrogens is 452 g/mol. The second-order valence-corrected chi connectivity index (χ2v) is 8.80. The molecule has 0 aliphatic heterocycles. The van der Waals surface area contributed by atoms with Gasteiger partial charge in [0.15, 0.2) is 5.13 Å². The highest BCUT2D eigenvalue weighted by Crippen LogP contribution is 2.27. The van der Waals surface area contributed by atoms with Crippen molar-refractivity contribution in [2.75, 3.05) is 5.32 Å². The summed E-state index contributed by atoms with van der Waals surface area (Å²) in [6.07, 6.45) is 0. The van der Waals surface area contributed by atoms with Crippen LogP contribution in [-0.4, -0.2) is 21.8 Å². The average molecular weight is 469 g/mol. The molecule has 0 saturated heterocycles. The average Bonchev–Trinajstić information content (AvgIpc) is 3.43. The highest BCUT2D eigenvalue weighted by molar-refractivity contribution is 7.14. The first kappa shape index (κ1) is 21.2. The molecule has 9 heteroatoms. The Balaban J connectivity index is 1.41. The minimum atomic E-state index is -0.303. The standard InChI is InChI=1S/C22H17ClN4O2S2/c1-13(28)24-10-14-2-4-15(5-3-14)18-11-31-22(26-18)27-20(29)19-12-30-21(25-19)16-6-8-17(23)9-7-16/h2-9,11-12H,10H2,1H3,(H,24,28)(H,26,27,29). The van der Waals surface area contributed by atoms with Crippen molar-refractivity contribution in [2.24, 2.45) is 0 Å². The van der Waals surface area contributed by atoms with Gasteiger partial charge in [-0.3, -0.25) is 14.9 Å². The molecule has 2 amide bonds. The number of thiazole rings is 2. The molecule has 2 heterocycles. The number of hydrogen-bond donors (Lipinski definition) is 2. The Morgan fingerprint density at radius 2 is 1.65 bits per heavy atom. The summed E-state index contributed by atoms with van der Waals surface area (Å²) in [5, 5.41) is 11.1. The first-order valence-corrected chi connectivity index (χ1v) is 11.4. The molecule has 0 aliphatic rings. The maximum Gasteiger partial charge on any atom is 0.276 e. The Hall–Kier alpha value is -3.07. The lowest BCUT2D eigenvalue weighted by Crippen LogP contribution is -2.18. The Morgan fingerprint density at radius 1 is 0.935 bits per heavy atom. The smallest absolute Gasteiger partial charge is 0.276 e. The number of nitrogens with one attached hydrogen (secondary N) is 2. The number of halogens is 1. The Morgan fingerprint density at radius 3 is 2.35 bits per heavy atom. The van der Waals surface area contributed by atoms with Gasteiger partial charge in [0.2, 0.25) is 5.91 Å². The molecule has 2 N–H and O–H groups in total. The van der Waals surface area contributed by atoms with E-state index in [9.17, 15) is 9.59 Å². The van der Waals surface area contributed by atoms with Gasteiger partial charge < -0.3 is 5.32 Å². The van der Waals surface area contributed by atoms with Gasteiger partial charge in [-0.1, -0.05) is 48.0 Å². The third-order valence-electron chi connectivity index (χ3n) is 4.34. The number of rotatable bonds is 6. The number of carbonyl (C=O) groups excluding carboxylic acids is 2. The molecule has 0 aliphatic carbocycles. The molecule has 0 unspecified atom stereocenters. The molecule has 6 nitrogen and oxygen atoms in total. The molecule has 0 atom stereocenters. The van der Waals surface area contributed by atoms with Crippen LogP contribution in [0.4, 0.5) is 5.13 Å².